The molecule has 0 spiro atoms. The van der Waals surface area contributed by atoms with Gasteiger partial charge in [-0.25, -0.2) is 0 Å². The zero-order valence-corrected chi connectivity index (χ0v) is 13.2. The molecule has 2 heterocycles. The highest BCUT2D eigenvalue weighted by molar-refractivity contribution is 5.80. The summed E-state index contributed by atoms with van der Waals surface area (Å²) in [6.45, 7) is 5.41. The number of nitrogens with one attached hydrogen (secondary N) is 2. The zero-order valence-electron chi connectivity index (χ0n) is 13.2. The first-order chi connectivity index (χ1) is 10.2. The third-order valence-electron chi connectivity index (χ3n) is 4.63. The minimum absolute atomic E-state index is 0.0931. The van der Waals surface area contributed by atoms with Crippen molar-refractivity contribution in [3.8, 4) is 0 Å². The molecule has 2 fully saturated rings. The fourth-order valence-electron chi connectivity index (χ4n) is 3.19. The Morgan fingerprint density at radius 3 is 2.62 bits per heavy atom. The molecule has 5 nitrogen and oxygen atoms in total. The Morgan fingerprint density at radius 2 is 2.00 bits per heavy atom. The summed E-state index contributed by atoms with van der Waals surface area (Å²) in [7, 11) is 0. The SMILES string of the molecule is CCCCNC(=O)C1CCN(C(=O)CC2CCCN2)CC1. The molecule has 0 bridgehead atoms. The monoisotopic (exact) mass is 295 g/mol. The number of hydrogen-bond acceptors (Lipinski definition) is 3. The highest BCUT2D eigenvalue weighted by Gasteiger charge is 2.28. The van der Waals surface area contributed by atoms with Crippen molar-refractivity contribution in [2.75, 3.05) is 26.2 Å². The van der Waals surface area contributed by atoms with Crippen LogP contribution in [0.1, 0.15) is 51.9 Å². The molecule has 5 heteroatoms. The zero-order chi connectivity index (χ0) is 15.1. The quantitative estimate of drug-likeness (QED) is 0.726. The van der Waals surface area contributed by atoms with E-state index in [9.17, 15) is 9.59 Å². The summed E-state index contributed by atoms with van der Waals surface area (Å²) < 4.78 is 0. The van der Waals surface area contributed by atoms with Gasteiger partial charge in [-0.1, -0.05) is 13.3 Å². The Balaban J connectivity index is 1.67. The molecule has 0 aromatic rings. The van der Waals surface area contributed by atoms with Gasteiger partial charge in [-0.05, 0) is 38.6 Å². The number of amides is 2. The lowest BCUT2D eigenvalue weighted by atomic mass is 9.95. The van der Waals surface area contributed by atoms with E-state index in [-0.39, 0.29) is 17.7 Å². The average molecular weight is 295 g/mol. The van der Waals surface area contributed by atoms with Gasteiger partial charge >= 0.3 is 0 Å². The van der Waals surface area contributed by atoms with Gasteiger partial charge in [0.05, 0.1) is 0 Å². The lowest BCUT2D eigenvalue weighted by molar-refractivity contribution is -0.136. The molecule has 0 aromatic carbocycles. The first-order valence-corrected chi connectivity index (χ1v) is 8.49. The molecule has 2 N–H and O–H groups in total. The van der Waals surface area contributed by atoms with Gasteiger partial charge in [0.15, 0.2) is 0 Å². The normalized spacial score (nSPS) is 23.3. The van der Waals surface area contributed by atoms with Crippen LogP contribution in [0.3, 0.4) is 0 Å². The Kier molecular flexibility index (Phi) is 6.49. The number of piperidine rings is 1. The maximum atomic E-state index is 12.2. The van der Waals surface area contributed by atoms with Gasteiger partial charge in [0, 0.05) is 38.0 Å². The number of unbranched alkanes of at least 4 members (excludes halogenated alkanes) is 1. The molecule has 2 aliphatic heterocycles. The molecule has 0 aromatic heterocycles. The first kappa shape index (κ1) is 16.3. The fraction of sp³-hybridized carbons (Fsp3) is 0.875. The van der Waals surface area contributed by atoms with Crippen LogP contribution in [0.4, 0.5) is 0 Å². The highest BCUT2D eigenvalue weighted by Crippen LogP contribution is 2.19. The maximum absolute atomic E-state index is 12.2. The van der Waals surface area contributed by atoms with Crippen LogP contribution in [0.25, 0.3) is 0 Å². The molecule has 120 valence electrons. The average Bonchev–Trinajstić information content (AvgIpc) is 3.00. The smallest absolute Gasteiger partial charge is 0.224 e. The van der Waals surface area contributed by atoms with Crippen molar-refractivity contribution < 1.29 is 9.59 Å². The highest BCUT2D eigenvalue weighted by atomic mass is 16.2. The van der Waals surface area contributed by atoms with E-state index in [1.807, 2.05) is 4.90 Å². The minimum Gasteiger partial charge on any atom is -0.356 e. The molecule has 2 amide bonds. The van der Waals surface area contributed by atoms with Gasteiger partial charge in [-0.3, -0.25) is 9.59 Å². The maximum Gasteiger partial charge on any atom is 0.224 e. The van der Waals surface area contributed by atoms with E-state index < -0.39 is 0 Å². The van der Waals surface area contributed by atoms with Gasteiger partial charge in [0.25, 0.3) is 0 Å². The molecule has 2 saturated heterocycles. The summed E-state index contributed by atoms with van der Waals surface area (Å²) in [5.41, 5.74) is 0. The molecular formula is C16H29N3O2. The molecule has 2 aliphatic rings. The summed E-state index contributed by atoms with van der Waals surface area (Å²) in [5, 5.41) is 6.37. The third-order valence-corrected chi connectivity index (χ3v) is 4.63. The van der Waals surface area contributed by atoms with E-state index in [0.29, 0.717) is 12.5 Å². The molecule has 21 heavy (non-hydrogen) atoms. The van der Waals surface area contributed by atoms with Crippen LogP contribution in [0, 0.1) is 5.92 Å². The molecule has 2 rings (SSSR count). The summed E-state index contributed by atoms with van der Waals surface area (Å²) >= 11 is 0. The Bertz CT molecular complexity index is 345. The summed E-state index contributed by atoms with van der Waals surface area (Å²) in [4.78, 5) is 26.2. The number of carbonyl (C=O) groups is 2. The van der Waals surface area contributed by atoms with Crippen molar-refractivity contribution in [2.24, 2.45) is 5.92 Å². The van der Waals surface area contributed by atoms with Crippen LogP contribution in [-0.4, -0.2) is 48.9 Å². The van der Waals surface area contributed by atoms with Crippen LogP contribution in [0.15, 0.2) is 0 Å². The van der Waals surface area contributed by atoms with Crippen LogP contribution >= 0.6 is 0 Å². The summed E-state index contributed by atoms with van der Waals surface area (Å²) in [6, 6.07) is 0.368. The van der Waals surface area contributed by atoms with Gasteiger partial charge in [0.2, 0.25) is 11.8 Å². The predicted molar refractivity (Wildman–Crippen MR) is 82.9 cm³/mol. The number of rotatable bonds is 6. The lowest BCUT2D eigenvalue weighted by Gasteiger charge is -2.32. The van der Waals surface area contributed by atoms with Crippen LogP contribution in [-0.2, 0) is 9.59 Å². The lowest BCUT2D eigenvalue weighted by Crippen LogP contribution is -2.44. The van der Waals surface area contributed by atoms with Crippen molar-refractivity contribution in [2.45, 2.75) is 57.9 Å². The molecule has 0 aliphatic carbocycles. The van der Waals surface area contributed by atoms with Crippen molar-refractivity contribution in [3.05, 3.63) is 0 Å². The topological polar surface area (TPSA) is 61.4 Å². The van der Waals surface area contributed by atoms with Crippen molar-refractivity contribution >= 4 is 11.8 Å². The molecular weight excluding hydrogens is 266 g/mol. The van der Waals surface area contributed by atoms with Crippen LogP contribution in [0.2, 0.25) is 0 Å². The summed E-state index contributed by atoms with van der Waals surface area (Å²) in [5.74, 6) is 0.516. The van der Waals surface area contributed by atoms with Crippen molar-refractivity contribution in [1.29, 1.82) is 0 Å². The second-order valence-corrected chi connectivity index (χ2v) is 6.30. The van der Waals surface area contributed by atoms with E-state index in [1.165, 1.54) is 6.42 Å². The summed E-state index contributed by atoms with van der Waals surface area (Å²) in [6.07, 6.45) is 6.66. The van der Waals surface area contributed by atoms with Crippen LogP contribution in [0.5, 0.6) is 0 Å². The van der Waals surface area contributed by atoms with Crippen LogP contribution < -0.4 is 10.6 Å². The number of nitrogens with zero attached hydrogens (tertiary/aromatic N) is 1. The Hall–Kier alpha value is -1.10. The van der Waals surface area contributed by atoms with Crippen molar-refractivity contribution in [3.63, 3.8) is 0 Å². The number of likely N-dealkylation sites (tertiary alicyclic amines) is 1. The second-order valence-electron chi connectivity index (χ2n) is 6.30. The van der Waals surface area contributed by atoms with Crippen molar-refractivity contribution in [1.82, 2.24) is 15.5 Å². The first-order valence-electron chi connectivity index (χ1n) is 8.49. The van der Waals surface area contributed by atoms with Gasteiger partial charge < -0.3 is 15.5 Å². The third kappa shape index (κ3) is 4.99. The number of hydrogen-bond donors (Lipinski definition) is 2. The van der Waals surface area contributed by atoms with Gasteiger partial charge in [0.1, 0.15) is 0 Å². The molecule has 0 saturated carbocycles. The molecule has 1 unspecified atom stereocenters. The molecule has 1 atom stereocenters. The standard InChI is InChI=1S/C16H29N3O2/c1-2-3-8-18-16(21)13-6-10-19(11-7-13)15(20)12-14-5-4-9-17-14/h13-14,17H,2-12H2,1H3,(H,18,21). The second kappa shape index (κ2) is 8.37. The van der Waals surface area contributed by atoms with E-state index in [0.717, 1.165) is 58.3 Å². The number of carbonyl (C=O) groups excluding carboxylic acids is 2. The minimum atomic E-state index is 0.0931. The van der Waals surface area contributed by atoms with E-state index in [2.05, 4.69) is 17.6 Å². The van der Waals surface area contributed by atoms with E-state index >= 15 is 0 Å². The Labute approximate surface area is 127 Å². The van der Waals surface area contributed by atoms with Gasteiger partial charge in [-0.2, -0.15) is 0 Å². The molecule has 0 radical (unpaired) electrons. The van der Waals surface area contributed by atoms with E-state index in [1.54, 1.807) is 0 Å². The van der Waals surface area contributed by atoms with E-state index in [4.69, 9.17) is 0 Å². The predicted octanol–water partition coefficient (Wildman–Crippen LogP) is 1.28. The Morgan fingerprint density at radius 1 is 1.24 bits per heavy atom. The largest absolute Gasteiger partial charge is 0.356 e. The fourth-order valence-corrected chi connectivity index (χ4v) is 3.19. The van der Waals surface area contributed by atoms with Gasteiger partial charge in [-0.15, -0.1) is 0 Å².